The zero-order valence-corrected chi connectivity index (χ0v) is 13.5. The zero-order valence-electron chi connectivity index (χ0n) is 11.2. The third-order valence-electron chi connectivity index (χ3n) is 2.28. The van der Waals surface area contributed by atoms with Crippen molar-refractivity contribution in [3.63, 3.8) is 0 Å². The van der Waals surface area contributed by atoms with Gasteiger partial charge in [0.1, 0.15) is 0 Å². The molecule has 1 amide bonds. The van der Waals surface area contributed by atoms with Gasteiger partial charge in [0.05, 0.1) is 22.9 Å². The van der Waals surface area contributed by atoms with Gasteiger partial charge < -0.3 is 10.4 Å². The standard InChI is InChI=1S/C13H18BrClN2O2/c1-13(2,19)8-17(3)7-12(18)16-11-5-4-9(14)6-10(11)15/h4-6,19H,7-8H2,1-3H3,(H,16,18). The van der Waals surface area contributed by atoms with E-state index in [9.17, 15) is 9.90 Å². The molecular formula is C13H18BrClN2O2. The molecule has 1 rings (SSSR count). The molecule has 1 aromatic carbocycles. The van der Waals surface area contributed by atoms with Crippen LogP contribution in [0.5, 0.6) is 0 Å². The normalized spacial score (nSPS) is 11.7. The van der Waals surface area contributed by atoms with Gasteiger partial charge in [-0.2, -0.15) is 0 Å². The summed E-state index contributed by atoms with van der Waals surface area (Å²) in [5, 5.41) is 12.9. The highest BCUT2D eigenvalue weighted by Crippen LogP contribution is 2.25. The SMILES string of the molecule is CN(CC(=O)Nc1ccc(Br)cc1Cl)CC(C)(C)O. The number of halogens is 2. The van der Waals surface area contributed by atoms with E-state index in [2.05, 4.69) is 21.2 Å². The molecule has 106 valence electrons. The molecule has 0 aliphatic carbocycles. The third-order valence-corrected chi connectivity index (χ3v) is 3.08. The summed E-state index contributed by atoms with van der Waals surface area (Å²) in [6.07, 6.45) is 0. The fraction of sp³-hybridized carbons (Fsp3) is 0.462. The molecule has 0 radical (unpaired) electrons. The van der Waals surface area contributed by atoms with Gasteiger partial charge in [0.2, 0.25) is 5.91 Å². The van der Waals surface area contributed by atoms with E-state index in [0.29, 0.717) is 17.3 Å². The number of nitrogens with zero attached hydrogens (tertiary/aromatic N) is 1. The van der Waals surface area contributed by atoms with E-state index in [4.69, 9.17) is 11.6 Å². The summed E-state index contributed by atoms with van der Waals surface area (Å²) in [6.45, 7) is 4.00. The maximum atomic E-state index is 11.8. The summed E-state index contributed by atoms with van der Waals surface area (Å²) < 4.78 is 0.856. The lowest BCUT2D eigenvalue weighted by Gasteiger charge is -2.24. The van der Waals surface area contributed by atoms with Crippen LogP contribution in [0.4, 0.5) is 5.69 Å². The first kappa shape index (κ1) is 16.4. The van der Waals surface area contributed by atoms with Gasteiger partial charge in [0.15, 0.2) is 0 Å². The van der Waals surface area contributed by atoms with Gasteiger partial charge in [-0.15, -0.1) is 0 Å². The molecule has 0 atom stereocenters. The van der Waals surface area contributed by atoms with Crippen molar-refractivity contribution < 1.29 is 9.90 Å². The van der Waals surface area contributed by atoms with Crippen molar-refractivity contribution in [1.29, 1.82) is 0 Å². The first-order valence-corrected chi connectivity index (χ1v) is 7.00. The van der Waals surface area contributed by atoms with Crippen LogP contribution in [-0.4, -0.2) is 41.7 Å². The van der Waals surface area contributed by atoms with Crippen LogP contribution in [0.2, 0.25) is 5.02 Å². The maximum Gasteiger partial charge on any atom is 0.238 e. The molecule has 19 heavy (non-hydrogen) atoms. The molecule has 0 fully saturated rings. The van der Waals surface area contributed by atoms with Crippen molar-refractivity contribution in [3.8, 4) is 0 Å². The third kappa shape index (κ3) is 6.38. The highest BCUT2D eigenvalue weighted by atomic mass is 79.9. The van der Waals surface area contributed by atoms with E-state index < -0.39 is 5.60 Å². The molecule has 1 aromatic rings. The Morgan fingerprint density at radius 2 is 2.16 bits per heavy atom. The molecule has 0 saturated heterocycles. The minimum absolute atomic E-state index is 0.170. The average molecular weight is 350 g/mol. The van der Waals surface area contributed by atoms with Crippen LogP contribution in [0, 0.1) is 0 Å². The minimum Gasteiger partial charge on any atom is -0.389 e. The van der Waals surface area contributed by atoms with E-state index in [1.54, 1.807) is 37.9 Å². The summed E-state index contributed by atoms with van der Waals surface area (Å²) in [5.41, 5.74) is -0.254. The van der Waals surface area contributed by atoms with E-state index in [1.807, 2.05) is 6.07 Å². The number of rotatable bonds is 5. The maximum absolute atomic E-state index is 11.8. The van der Waals surface area contributed by atoms with Crippen molar-refractivity contribution in [2.45, 2.75) is 19.4 Å². The number of amides is 1. The van der Waals surface area contributed by atoms with Gasteiger partial charge in [0.25, 0.3) is 0 Å². The van der Waals surface area contributed by atoms with E-state index in [1.165, 1.54) is 0 Å². The van der Waals surface area contributed by atoms with E-state index in [-0.39, 0.29) is 12.5 Å². The number of aliphatic hydroxyl groups is 1. The van der Waals surface area contributed by atoms with Gasteiger partial charge in [0, 0.05) is 11.0 Å². The average Bonchev–Trinajstić information content (AvgIpc) is 2.19. The summed E-state index contributed by atoms with van der Waals surface area (Å²) >= 11 is 9.32. The van der Waals surface area contributed by atoms with E-state index in [0.717, 1.165) is 4.47 Å². The molecule has 4 nitrogen and oxygen atoms in total. The Bertz CT molecular complexity index is 460. The number of nitrogens with one attached hydrogen (secondary N) is 1. The van der Waals surface area contributed by atoms with Crippen LogP contribution < -0.4 is 5.32 Å². The summed E-state index contributed by atoms with van der Waals surface area (Å²) in [4.78, 5) is 13.6. The summed E-state index contributed by atoms with van der Waals surface area (Å²) in [7, 11) is 1.78. The highest BCUT2D eigenvalue weighted by molar-refractivity contribution is 9.10. The molecule has 0 saturated carbocycles. The molecule has 0 spiro atoms. The quantitative estimate of drug-likeness (QED) is 0.859. The predicted molar refractivity (Wildman–Crippen MR) is 81.6 cm³/mol. The van der Waals surface area contributed by atoms with Crippen molar-refractivity contribution in [3.05, 3.63) is 27.7 Å². The van der Waals surface area contributed by atoms with Crippen LogP contribution in [0.3, 0.4) is 0 Å². The molecular weight excluding hydrogens is 332 g/mol. The molecule has 0 unspecified atom stereocenters. The first-order chi connectivity index (χ1) is 8.67. The smallest absolute Gasteiger partial charge is 0.238 e. The molecule has 0 aliphatic rings. The van der Waals surface area contributed by atoms with Crippen molar-refractivity contribution in [2.24, 2.45) is 0 Å². The monoisotopic (exact) mass is 348 g/mol. The molecule has 2 N–H and O–H groups in total. The lowest BCUT2D eigenvalue weighted by atomic mass is 10.1. The van der Waals surface area contributed by atoms with Gasteiger partial charge >= 0.3 is 0 Å². The van der Waals surface area contributed by atoms with Gasteiger partial charge in [-0.1, -0.05) is 27.5 Å². The van der Waals surface area contributed by atoms with Gasteiger partial charge in [-0.25, -0.2) is 0 Å². The van der Waals surface area contributed by atoms with Crippen molar-refractivity contribution in [2.75, 3.05) is 25.5 Å². The summed E-state index contributed by atoms with van der Waals surface area (Å²) in [5.74, 6) is -0.170. The predicted octanol–water partition coefficient (Wildman–Crippen LogP) is 2.74. The molecule has 0 aliphatic heterocycles. The van der Waals surface area contributed by atoms with Crippen LogP contribution in [-0.2, 0) is 4.79 Å². The number of carbonyl (C=O) groups excluding carboxylic acids is 1. The number of hydrogen-bond donors (Lipinski definition) is 2. The largest absolute Gasteiger partial charge is 0.389 e. The second kappa shape index (κ2) is 6.70. The van der Waals surface area contributed by atoms with E-state index >= 15 is 0 Å². The van der Waals surface area contributed by atoms with Crippen LogP contribution in [0.1, 0.15) is 13.8 Å². The molecule has 0 heterocycles. The van der Waals surface area contributed by atoms with Crippen LogP contribution in [0.25, 0.3) is 0 Å². The van der Waals surface area contributed by atoms with Crippen molar-refractivity contribution >= 4 is 39.1 Å². The lowest BCUT2D eigenvalue weighted by Crippen LogP contribution is -2.40. The Kier molecular flexibility index (Phi) is 5.80. The van der Waals surface area contributed by atoms with Gasteiger partial charge in [-0.05, 0) is 39.1 Å². The lowest BCUT2D eigenvalue weighted by molar-refractivity contribution is -0.117. The Balaban J connectivity index is 2.56. The fourth-order valence-electron chi connectivity index (χ4n) is 1.74. The van der Waals surface area contributed by atoms with Gasteiger partial charge in [-0.3, -0.25) is 9.69 Å². The molecule has 0 bridgehead atoms. The highest BCUT2D eigenvalue weighted by Gasteiger charge is 2.17. The first-order valence-electron chi connectivity index (χ1n) is 5.83. The Hall–Kier alpha value is -0.620. The second-order valence-electron chi connectivity index (χ2n) is 5.16. The summed E-state index contributed by atoms with van der Waals surface area (Å²) in [6, 6.07) is 5.26. The zero-order chi connectivity index (χ0) is 14.6. The topological polar surface area (TPSA) is 52.6 Å². The number of anilines is 1. The molecule has 6 heteroatoms. The van der Waals surface area contributed by atoms with Crippen LogP contribution >= 0.6 is 27.5 Å². The fourth-order valence-corrected chi connectivity index (χ4v) is 2.46. The Morgan fingerprint density at radius 1 is 1.53 bits per heavy atom. The number of likely N-dealkylation sites (N-methyl/N-ethyl adjacent to an activating group) is 1. The number of benzene rings is 1. The minimum atomic E-state index is -0.829. The van der Waals surface area contributed by atoms with Crippen LogP contribution in [0.15, 0.2) is 22.7 Å². The number of carbonyl (C=O) groups is 1. The van der Waals surface area contributed by atoms with Crippen molar-refractivity contribution in [1.82, 2.24) is 4.90 Å². The number of hydrogen-bond acceptors (Lipinski definition) is 3. The second-order valence-corrected chi connectivity index (χ2v) is 6.48. The Labute approximate surface area is 126 Å². The Morgan fingerprint density at radius 3 is 2.68 bits per heavy atom. The molecule has 0 aromatic heterocycles.